The van der Waals surface area contributed by atoms with Gasteiger partial charge in [-0.05, 0) is 28.1 Å². The van der Waals surface area contributed by atoms with Crippen LogP contribution in [0.5, 0.6) is 11.5 Å². The van der Waals surface area contributed by atoms with E-state index in [0.29, 0.717) is 16.0 Å². The summed E-state index contributed by atoms with van der Waals surface area (Å²) in [4.78, 5) is 4.00. The van der Waals surface area contributed by atoms with Gasteiger partial charge in [0.05, 0.1) is 22.6 Å². The Morgan fingerprint density at radius 1 is 1.24 bits per heavy atom. The molecule has 2 rings (SSSR count). The highest BCUT2D eigenvalue weighted by atomic mass is 79.9. The molecule has 0 aliphatic rings. The van der Waals surface area contributed by atoms with Crippen LogP contribution >= 0.6 is 15.9 Å². The summed E-state index contributed by atoms with van der Waals surface area (Å²) in [7, 11) is 1.79. The van der Waals surface area contributed by atoms with Crippen molar-refractivity contribution in [1.82, 2.24) is 4.98 Å². The summed E-state index contributed by atoms with van der Waals surface area (Å²) in [6.07, 6.45) is 3.25. The minimum absolute atomic E-state index is 0.361. The molecule has 0 aliphatic carbocycles. The van der Waals surface area contributed by atoms with Crippen LogP contribution in [0.2, 0.25) is 0 Å². The van der Waals surface area contributed by atoms with Gasteiger partial charge in [0.2, 0.25) is 0 Å². The maximum absolute atomic E-state index is 13.3. The lowest BCUT2D eigenvalue weighted by atomic mass is 10.3. The van der Waals surface area contributed by atoms with E-state index in [0.717, 1.165) is 5.69 Å². The molecule has 1 heterocycles. The number of pyridine rings is 1. The normalized spacial score (nSPS) is 10.1. The van der Waals surface area contributed by atoms with Crippen LogP contribution in [0.4, 0.5) is 10.1 Å². The van der Waals surface area contributed by atoms with Gasteiger partial charge in [-0.25, -0.2) is 4.39 Å². The van der Waals surface area contributed by atoms with Crippen LogP contribution in [0, 0.1) is 5.82 Å². The lowest BCUT2D eigenvalue weighted by Crippen LogP contribution is -1.91. The fourth-order valence-electron chi connectivity index (χ4n) is 1.29. The monoisotopic (exact) mass is 296 g/mol. The number of anilines is 1. The highest BCUT2D eigenvalue weighted by molar-refractivity contribution is 9.10. The maximum Gasteiger partial charge on any atom is 0.147 e. The highest BCUT2D eigenvalue weighted by Crippen LogP contribution is 2.26. The van der Waals surface area contributed by atoms with Crippen LogP contribution in [0.25, 0.3) is 0 Å². The van der Waals surface area contributed by atoms with Gasteiger partial charge in [-0.2, -0.15) is 0 Å². The Morgan fingerprint density at radius 2 is 2.06 bits per heavy atom. The number of rotatable bonds is 3. The molecule has 0 radical (unpaired) electrons. The smallest absolute Gasteiger partial charge is 0.147 e. The van der Waals surface area contributed by atoms with Gasteiger partial charge in [-0.1, -0.05) is 0 Å². The molecule has 0 bridgehead atoms. The van der Waals surface area contributed by atoms with Gasteiger partial charge in [0, 0.05) is 19.2 Å². The number of hydrogen-bond donors (Lipinski definition) is 1. The predicted molar refractivity (Wildman–Crippen MR) is 68.0 cm³/mol. The molecule has 1 N–H and O–H groups in total. The molecule has 2 aromatic rings. The maximum atomic E-state index is 13.3. The number of nitrogens with one attached hydrogen (secondary N) is 1. The lowest BCUT2D eigenvalue weighted by molar-refractivity contribution is 0.474. The molecule has 17 heavy (non-hydrogen) atoms. The van der Waals surface area contributed by atoms with E-state index in [9.17, 15) is 4.39 Å². The molecule has 0 amide bonds. The first-order chi connectivity index (χ1) is 8.19. The van der Waals surface area contributed by atoms with Gasteiger partial charge in [0.15, 0.2) is 0 Å². The van der Waals surface area contributed by atoms with Crippen molar-refractivity contribution in [2.24, 2.45) is 0 Å². The third kappa shape index (κ3) is 2.94. The molecule has 1 aromatic carbocycles. The first kappa shape index (κ1) is 11.9. The van der Waals surface area contributed by atoms with Crippen molar-refractivity contribution in [2.45, 2.75) is 0 Å². The highest BCUT2D eigenvalue weighted by Gasteiger charge is 2.03. The van der Waals surface area contributed by atoms with Crippen molar-refractivity contribution in [3.05, 3.63) is 46.9 Å². The van der Waals surface area contributed by atoms with Crippen LogP contribution in [-0.4, -0.2) is 12.0 Å². The quantitative estimate of drug-likeness (QED) is 0.935. The molecule has 0 fully saturated rings. The lowest BCUT2D eigenvalue weighted by Gasteiger charge is -2.07. The van der Waals surface area contributed by atoms with Gasteiger partial charge in [-0.3, -0.25) is 4.98 Å². The largest absolute Gasteiger partial charge is 0.456 e. The van der Waals surface area contributed by atoms with Crippen LogP contribution in [0.3, 0.4) is 0 Å². The molecular weight excluding hydrogens is 287 g/mol. The van der Waals surface area contributed by atoms with E-state index in [1.54, 1.807) is 37.6 Å². The zero-order valence-electron chi connectivity index (χ0n) is 9.08. The number of benzene rings is 1. The van der Waals surface area contributed by atoms with Crippen molar-refractivity contribution < 1.29 is 9.13 Å². The average Bonchev–Trinajstić information content (AvgIpc) is 2.34. The third-order valence-corrected chi connectivity index (χ3v) is 2.77. The van der Waals surface area contributed by atoms with Crippen molar-refractivity contribution in [2.75, 3.05) is 12.4 Å². The van der Waals surface area contributed by atoms with Crippen LogP contribution in [-0.2, 0) is 0 Å². The van der Waals surface area contributed by atoms with Gasteiger partial charge in [0.25, 0.3) is 0 Å². The van der Waals surface area contributed by atoms with Crippen molar-refractivity contribution >= 4 is 21.6 Å². The van der Waals surface area contributed by atoms with E-state index >= 15 is 0 Å². The number of ether oxygens (including phenoxy) is 1. The summed E-state index contributed by atoms with van der Waals surface area (Å²) < 4.78 is 19.2. The first-order valence-electron chi connectivity index (χ1n) is 4.95. The Morgan fingerprint density at radius 3 is 2.76 bits per heavy atom. The summed E-state index contributed by atoms with van der Waals surface area (Å²) in [5, 5.41) is 2.95. The Balaban J connectivity index is 2.22. The summed E-state index contributed by atoms with van der Waals surface area (Å²) >= 11 is 3.08. The molecular formula is C12H10BrFN2O. The zero-order chi connectivity index (χ0) is 12.3. The SMILES string of the molecule is CNc1cncc(Oc2ccc(Br)c(F)c2)c1. The van der Waals surface area contributed by atoms with E-state index in [1.807, 2.05) is 0 Å². The van der Waals surface area contributed by atoms with E-state index in [-0.39, 0.29) is 5.82 Å². The predicted octanol–water partition coefficient (Wildman–Crippen LogP) is 3.82. The Kier molecular flexibility index (Phi) is 3.58. The number of halogens is 2. The van der Waals surface area contributed by atoms with Gasteiger partial charge in [0.1, 0.15) is 17.3 Å². The molecule has 0 saturated carbocycles. The average molecular weight is 297 g/mol. The van der Waals surface area contributed by atoms with E-state index in [2.05, 4.69) is 26.2 Å². The molecule has 0 atom stereocenters. The second-order valence-corrected chi connectivity index (χ2v) is 4.19. The minimum atomic E-state index is -0.361. The minimum Gasteiger partial charge on any atom is -0.456 e. The Hall–Kier alpha value is -1.62. The first-order valence-corrected chi connectivity index (χ1v) is 5.74. The van der Waals surface area contributed by atoms with Crippen LogP contribution in [0.1, 0.15) is 0 Å². The van der Waals surface area contributed by atoms with Gasteiger partial charge < -0.3 is 10.1 Å². The summed E-state index contributed by atoms with van der Waals surface area (Å²) in [6.45, 7) is 0. The Labute approximate surface area is 107 Å². The number of hydrogen-bond acceptors (Lipinski definition) is 3. The van der Waals surface area contributed by atoms with Crippen molar-refractivity contribution in [3.63, 3.8) is 0 Å². The fourth-order valence-corrected chi connectivity index (χ4v) is 1.53. The fraction of sp³-hybridized carbons (Fsp3) is 0.0833. The van der Waals surface area contributed by atoms with E-state index in [1.165, 1.54) is 6.07 Å². The topological polar surface area (TPSA) is 34.2 Å². The molecule has 3 nitrogen and oxygen atoms in total. The zero-order valence-corrected chi connectivity index (χ0v) is 10.7. The Bertz CT molecular complexity index is 534. The van der Waals surface area contributed by atoms with Crippen LogP contribution < -0.4 is 10.1 Å². The van der Waals surface area contributed by atoms with Crippen molar-refractivity contribution in [3.8, 4) is 11.5 Å². The second-order valence-electron chi connectivity index (χ2n) is 3.34. The van der Waals surface area contributed by atoms with E-state index in [4.69, 9.17) is 4.74 Å². The molecule has 5 heteroatoms. The summed E-state index contributed by atoms with van der Waals surface area (Å²) in [5.74, 6) is 0.625. The molecule has 0 aliphatic heterocycles. The van der Waals surface area contributed by atoms with Crippen LogP contribution in [0.15, 0.2) is 41.1 Å². The molecule has 1 aromatic heterocycles. The third-order valence-electron chi connectivity index (χ3n) is 2.13. The summed E-state index contributed by atoms with van der Waals surface area (Å²) in [6, 6.07) is 6.38. The second kappa shape index (κ2) is 5.14. The standard InChI is InChI=1S/C12H10BrFN2O/c1-15-8-4-10(7-16-6-8)17-9-2-3-11(13)12(14)5-9/h2-7,15H,1H3. The van der Waals surface area contributed by atoms with Gasteiger partial charge in [-0.15, -0.1) is 0 Å². The number of aromatic nitrogens is 1. The summed E-state index contributed by atoms with van der Waals surface area (Å²) in [5.41, 5.74) is 0.833. The molecule has 0 saturated heterocycles. The number of nitrogens with zero attached hydrogens (tertiary/aromatic N) is 1. The van der Waals surface area contributed by atoms with Crippen molar-refractivity contribution in [1.29, 1.82) is 0 Å². The van der Waals surface area contributed by atoms with E-state index < -0.39 is 0 Å². The van der Waals surface area contributed by atoms with Gasteiger partial charge >= 0.3 is 0 Å². The molecule has 0 spiro atoms. The molecule has 88 valence electrons. The molecule has 0 unspecified atom stereocenters.